The van der Waals surface area contributed by atoms with Crippen LogP contribution in [0.4, 0.5) is 5.69 Å². The summed E-state index contributed by atoms with van der Waals surface area (Å²) in [6, 6.07) is 8.78. The van der Waals surface area contributed by atoms with E-state index in [0.717, 1.165) is 5.12 Å². The predicted octanol–water partition coefficient (Wildman–Crippen LogP) is 1.05. The number of hydrogen-bond donors (Lipinski definition) is 1. The van der Waals surface area contributed by atoms with Gasteiger partial charge in [0, 0.05) is 41.7 Å². The van der Waals surface area contributed by atoms with Crippen LogP contribution in [0.15, 0.2) is 35.6 Å². The Morgan fingerprint density at radius 2 is 1.82 bits per heavy atom. The van der Waals surface area contributed by atoms with E-state index in [-0.39, 0.29) is 41.7 Å². The molecule has 0 heterocycles. The summed E-state index contributed by atoms with van der Waals surface area (Å²) in [6.07, 6.45) is 0. The second kappa shape index (κ2) is 5.59. The van der Waals surface area contributed by atoms with E-state index in [0.29, 0.717) is 5.69 Å². The first-order valence-corrected chi connectivity index (χ1v) is 2.78. The van der Waals surface area contributed by atoms with Crippen LogP contribution < -0.4 is 11.0 Å². The third-order valence-corrected chi connectivity index (χ3v) is 1.11. The zero-order valence-corrected chi connectivity index (χ0v) is 8.91. The monoisotopic (exact) mass is 277 g/mol. The van der Waals surface area contributed by atoms with Gasteiger partial charge in [0.1, 0.15) is 0 Å². The van der Waals surface area contributed by atoms with E-state index in [2.05, 4.69) is 5.29 Å². The van der Waals surface area contributed by atoms with Gasteiger partial charge in [0.15, 0.2) is 0 Å². The Kier molecular flexibility index (Phi) is 5.57. The largest absolute Gasteiger partial charge is 0.224 e. The molecule has 0 fully saturated rings. The SMILES string of the molecule is NN(N=O)c1ccccc1.[Ce]. The Labute approximate surface area is 98.0 Å². The van der Waals surface area contributed by atoms with E-state index in [4.69, 9.17) is 5.84 Å². The molecule has 1 aromatic rings. The number of para-hydroxylation sites is 1. The smallest absolute Gasteiger partial charge is 0.0809 e. The first kappa shape index (κ1) is 11.0. The summed E-state index contributed by atoms with van der Waals surface area (Å²) in [5.41, 5.74) is 0.581. The van der Waals surface area contributed by atoms with E-state index in [1.54, 1.807) is 24.3 Å². The zero-order valence-electron chi connectivity index (χ0n) is 5.77. The van der Waals surface area contributed by atoms with Crippen molar-refractivity contribution in [2.24, 2.45) is 11.1 Å². The van der Waals surface area contributed by atoms with E-state index >= 15 is 0 Å². The van der Waals surface area contributed by atoms with Gasteiger partial charge in [-0.25, -0.2) is 5.84 Å². The van der Waals surface area contributed by atoms with Crippen LogP contribution in [0, 0.1) is 46.7 Å². The normalized spacial score (nSPS) is 8.09. The van der Waals surface area contributed by atoms with Crippen LogP contribution >= 0.6 is 0 Å². The van der Waals surface area contributed by atoms with E-state index in [1.807, 2.05) is 6.07 Å². The Morgan fingerprint density at radius 1 is 1.27 bits per heavy atom. The minimum absolute atomic E-state index is 0. The molecule has 0 aliphatic carbocycles. The van der Waals surface area contributed by atoms with Crippen LogP contribution in [0.25, 0.3) is 0 Å². The first-order valence-electron chi connectivity index (χ1n) is 2.78. The van der Waals surface area contributed by atoms with Gasteiger partial charge >= 0.3 is 0 Å². The fourth-order valence-corrected chi connectivity index (χ4v) is 0.628. The molecule has 0 saturated carbocycles. The second-order valence-corrected chi connectivity index (χ2v) is 1.76. The molecule has 0 atom stereocenters. The molecule has 0 amide bonds. The Balaban J connectivity index is 0.000001000. The standard InChI is InChI=1S/C6H7N3O.Ce/c7-9(8-10)6-4-2-1-3-5-6;/h1-5H,7H2;. The molecule has 11 heavy (non-hydrogen) atoms. The van der Waals surface area contributed by atoms with Gasteiger partial charge in [-0.15, -0.1) is 4.91 Å². The van der Waals surface area contributed by atoms with Crippen LogP contribution in [0.1, 0.15) is 0 Å². The van der Waals surface area contributed by atoms with Crippen molar-refractivity contribution in [3.63, 3.8) is 0 Å². The third kappa shape index (κ3) is 3.24. The average molecular weight is 277 g/mol. The first-order chi connectivity index (χ1) is 4.84. The van der Waals surface area contributed by atoms with Gasteiger partial charge in [-0.05, 0) is 12.1 Å². The summed E-state index contributed by atoms with van der Waals surface area (Å²) >= 11 is 0. The second-order valence-electron chi connectivity index (χ2n) is 1.76. The predicted molar refractivity (Wildman–Crippen MR) is 38.9 cm³/mol. The van der Waals surface area contributed by atoms with Gasteiger partial charge < -0.3 is 0 Å². The van der Waals surface area contributed by atoms with Crippen molar-refractivity contribution in [2.75, 3.05) is 5.12 Å². The molecule has 0 bridgehead atoms. The summed E-state index contributed by atoms with van der Waals surface area (Å²) < 4.78 is 0. The van der Waals surface area contributed by atoms with Crippen LogP contribution in [0.2, 0.25) is 0 Å². The van der Waals surface area contributed by atoms with Crippen molar-refractivity contribution in [3.05, 3.63) is 35.2 Å². The van der Waals surface area contributed by atoms with Crippen molar-refractivity contribution in [1.82, 2.24) is 0 Å². The molecule has 5 heteroatoms. The quantitative estimate of drug-likeness (QED) is 0.499. The fourth-order valence-electron chi connectivity index (χ4n) is 0.628. The number of benzene rings is 1. The van der Waals surface area contributed by atoms with Crippen molar-refractivity contribution < 1.29 is 41.7 Å². The molecule has 0 aliphatic heterocycles. The number of nitrogens with zero attached hydrogens (tertiary/aromatic N) is 2. The Morgan fingerprint density at radius 3 is 2.27 bits per heavy atom. The molecule has 1 aromatic carbocycles. The molecular weight excluding hydrogens is 270 g/mol. The van der Waals surface area contributed by atoms with E-state index < -0.39 is 0 Å². The number of nitroso groups, excluding NO2 is 1. The maximum Gasteiger partial charge on any atom is 0.0809 e. The maximum absolute atomic E-state index is 9.86. The van der Waals surface area contributed by atoms with Crippen LogP contribution in [0.3, 0.4) is 0 Å². The molecule has 56 valence electrons. The topological polar surface area (TPSA) is 58.7 Å². The van der Waals surface area contributed by atoms with Gasteiger partial charge in [0.2, 0.25) is 0 Å². The maximum atomic E-state index is 9.86. The van der Waals surface area contributed by atoms with Gasteiger partial charge in [0.05, 0.1) is 11.0 Å². The molecule has 0 spiro atoms. The van der Waals surface area contributed by atoms with Gasteiger partial charge in [-0.2, -0.15) is 5.12 Å². The van der Waals surface area contributed by atoms with Crippen molar-refractivity contribution >= 4 is 5.69 Å². The molecule has 2 N–H and O–H groups in total. The summed E-state index contributed by atoms with van der Waals surface area (Å²) in [7, 11) is 0. The van der Waals surface area contributed by atoms with Crippen molar-refractivity contribution in [3.8, 4) is 0 Å². The van der Waals surface area contributed by atoms with Crippen LogP contribution in [-0.4, -0.2) is 0 Å². The summed E-state index contributed by atoms with van der Waals surface area (Å²) in [4.78, 5) is 9.86. The average Bonchev–Trinajstić information content (AvgIpc) is 2.05. The Bertz CT molecular complexity index is 216. The van der Waals surface area contributed by atoms with Crippen molar-refractivity contribution in [2.45, 2.75) is 0 Å². The molecular formula is C6H7CeN3O. The third-order valence-electron chi connectivity index (χ3n) is 1.11. The van der Waals surface area contributed by atoms with Crippen molar-refractivity contribution in [1.29, 1.82) is 0 Å². The molecule has 0 radical (unpaired) electrons. The number of anilines is 1. The van der Waals surface area contributed by atoms with Gasteiger partial charge in [-0.1, -0.05) is 18.2 Å². The summed E-state index contributed by atoms with van der Waals surface area (Å²) in [6.45, 7) is 0. The fraction of sp³-hybridized carbons (Fsp3) is 0. The minimum atomic E-state index is 0. The Hall–Kier alpha value is -0.0434. The summed E-state index contributed by atoms with van der Waals surface area (Å²) in [5.74, 6) is 5.15. The molecule has 0 aliphatic rings. The number of hydrazine groups is 1. The van der Waals surface area contributed by atoms with Gasteiger partial charge in [-0.3, -0.25) is 0 Å². The van der Waals surface area contributed by atoms with E-state index in [9.17, 15) is 4.91 Å². The number of nitrogens with two attached hydrogens (primary N) is 1. The number of hydrogen-bond acceptors (Lipinski definition) is 3. The minimum Gasteiger partial charge on any atom is -0.224 e. The van der Waals surface area contributed by atoms with Crippen LogP contribution in [-0.2, 0) is 0 Å². The zero-order chi connectivity index (χ0) is 7.40. The van der Waals surface area contributed by atoms with Crippen LogP contribution in [0.5, 0.6) is 0 Å². The molecule has 4 nitrogen and oxygen atoms in total. The molecule has 1 rings (SSSR count). The number of rotatable bonds is 2. The molecule has 0 aromatic heterocycles. The summed E-state index contributed by atoms with van der Waals surface area (Å²) in [5, 5.41) is 3.30. The molecule has 0 unspecified atom stereocenters. The molecule has 0 saturated heterocycles. The van der Waals surface area contributed by atoms with E-state index in [1.165, 1.54) is 0 Å². The van der Waals surface area contributed by atoms with Gasteiger partial charge in [0.25, 0.3) is 0 Å².